The minimum absolute atomic E-state index is 0.349. The molecule has 0 aliphatic rings. The second kappa shape index (κ2) is 9.94. The molecule has 0 rings (SSSR count). The molecule has 0 saturated heterocycles. The third-order valence-electron chi connectivity index (χ3n) is 2.46. The largest absolute Gasteiger partial charge is 0.378 e. The quantitative estimate of drug-likeness (QED) is 0.341. The predicted octanol–water partition coefficient (Wildman–Crippen LogP) is 2.95. The van der Waals surface area contributed by atoms with Gasteiger partial charge >= 0.3 is 0 Å². The Morgan fingerprint density at radius 3 is 2.20 bits per heavy atom. The topological polar surface area (TPSA) is 23.5 Å². The summed E-state index contributed by atoms with van der Waals surface area (Å²) in [5.74, 6) is 0. The Bertz CT molecular complexity index is 158. The summed E-state index contributed by atoms with van der Waals surface area (Å²) in [5.41, 5.74) is 0. The van der Waals surface area contributed by atoms with Crippen LogP contribution in [0.3, 0.4) is 0 Å². The molecule has 0 aliphatic carbocycles. The van der Waals surface area contributed by atoms with Crippen LogP contribution in [0.5, 0.6) is 0 Å². The number of nitrogens with zero attached hydrogens (tertiary/aromatic N) is 1. The van der Waals surface area contributed by atoms with Crippen LogP contribution in [0.1, 0.15) is 39.0 Å². The molecule has 15 heavy (non-hydrogen) atoms. The Morgan fingerprint density at radius 2 is 1.73 bits per heavy atom. The molecule has 2 nitrogen and oxygen atoms in total. The number of unbranched alkanes of at least 4 members (excludes halogenated alkanes) is 3. The van der Waals surface area contributed by atoms with E-state index in [0.717, 1.165) is 25.9 Å². The zero-order valence-electron chi connectivity index (χ0n) is 9.99. The lowest BCUT2D eigenvalue weighted by Gasteiger charge is -2.25. The van der Waals surface area contributed by atoms with Gasteiger partial charge in [0.25, 0.3) is 0 Å². The van der Waals surface area contributed by atoms with Crippen LogP contribution in [-0.4, -0.2) is 29.3 Å². The number of hydrogen-bond donors (Lipinski definition) is 1. The van der Waals surface area contributed by atoms with Gasteiger partial charge in [-0.2, -0.15) is 0 Å². The van der Waals surface area contributed by atoms with Gasteiger partial charge in [0, 0.05) is 13.1 Å². The number of rotatable bonds is 10. The van der Waals surface area contributed by atoms with E-state index in [-0.39, 0.29) is 6.23 Å². The molecule has 0 aliphatic heterocycles. The smallest absolute Gasteiger partial charge is 0.107 e. The summed E-state index contributed by atoms with van der Waals surface area (Å²) in [6.45, 7) is 11.0. The highest BCUT2D eigenvalue weighted by molar-refractivity contribution is 4.81. The molecule has 0 bridgehead atoms. The van der Waals surface area contributed by atoms with Crippen molar-refractivity contribution in [1.29, 1.82) is 0 Å². The summed E-state index contributed by atoms with van der Waals surface area (Å²) in [7, 11) is 0. The first kappa shape index (κ1) is 14.4. The van der Waals surface area contributed by atoms with Crippen LogP contribution in [0.25, 0.3) is 0 Å². The molecule has 1 unspecified atom stereocenters. The van der Waals surface area contributed by atoms with Crippen LogP contribution < -0.4 is 0 Å². The molecule has 0 radical (unpaired) electrons. The van der Waals surface area contributed by atoms with Crippen LogP contribution in [0, 0.1) is 0 Å². The van der Waals surface area contributed by atoms with Gasteiger partial charge in [0.2, 0.25) is 0 Å². The maximum atomic E-state index is 9.90. The second-order valence-corrected chi connectivity index (χ2v) is 3.86. The van der Waals surface area contributed by atoms with Crippen molar-refractivity contribution in [1.82, 2.24) is 4.90 Å². The van der Waals surface area contributed by atoms with Crippen molar-refractivity contribution < 1.29 is 5.11 Å². The van der Waals surface area contributed by atoms with Crippen molar-refractivity contribution in [3.8, 4) is 0 Å². The third-order valence-corrected chi connectivity index (χ3v) is 2.46. The van der Waals surface area contributed by atoms with Crippen molar-refractivity contribution in [3.63, 3.8) is 0 Å². The van der Waals surface area contributed by atoms with Gasteiger partial charge < -0.3 is 5.11 Å². The van der Waals surface area contributed by atoms with E-state index in [1.807, 2.05) is 17.1 Å². The first-order valence-corrected chi connectivity index (χ1v) is 5.90. The van der Waals surface area contributed by atoms with E-state index in [2.05, 4.69) is 20.1 Å². The molecular weight excluding hydrogens is 186 g/mol. The van der Waals surface area contributed by atoms with Crippen molar-refractivity contribution >= 4 is 0 Å². The number of hydrogen-bond acceptors (Lipinski definition) is 2. The fourth-order valence-electron chi connectivity index (χ4n) is 1.59. The van der Waals surface area contributed by atoms with Crippen LogP contribution in [0.4, 0.5) is 0 Å². The lowest BCUT2D eigenvalue weighted by molar-refractivity contribution is 0.0113. The zero-order valence-corrected chi connectivity index (χ0v) is 9.99. The van der Waals surface area contributed by atoms with Gasteiger partial charge in [-0.3, -0.25) is 4.90 Å². The average Bonchev–Trinajstić information content (AvgIpc) is 2.24. The fraction of sp³-hybridized carbons (Fsp3) is 0.692. The molecule has 1 N–H and O–H groups in total. The Morgan fingerprint density at radius 1 is 1.13 bits per heavy atom. The fourth-order valence-corrected chi connectivity index (χ4v) is 1.59. The van der Waals surface area contributed by atoms with Crippen LogP contribution in [0.15, 0.2) is 25.3 Å². The van der Waals surface area contributed by atoms with Crippen molar-refractivity contribution in [2.75, 3.05) is 13.1 Å². The minimum Gasteiger partial charge on any atom is -0.378 e. The molecule has 1 atom stereocenters. The van der Waals surface area contributed by atoms with Crippen LogP contribution in [0.2, 0.25) is 0 Å². The lowest BCUT2D eigenvalue weighted by Crippen LogP contribution is -2.35. The van der Waals surface area contributed by atoms with Gasteiger partial charge in [-0.15, -0.1) is 13.2 Å². The molecule has 0 fully saturated rings. The van der Waals surface area contributed by atoms with E-state index in [1.165, 1.54) is 19.3 Å². The highest BCUT2D eigenvalue weighted by Crippen LogP contribution is 2.09. The van der Waals surface area contributed by atoms with Gasteiger partial charge in [0.05, 0.1) is 0 Å². The summed E-state index contributed by atoms with van der Waals surface area (Å²) >= 11 is 0. The van der Waals surface area contributed by atoms with E-state index < -0.39 is 0 Å². The van der Waals surface area contributed by atoms with E-state index in [1.54, 1.807) is 0 Å². The van der Waals surface area contributed by atoms with Crippen molar-refractivity contribution in [2.45, 2.75) is 45.3 Å². The minimum atomic E-state index is -0.349. The van der Waals surface area contributed by atoms with Gasteiger partial charge in [-0.05, 0) is 12.8 Å². The van der Waals surface area contributed by atoms with E-state index >= 15 is 0 Å². The molecule has 88 valence electrons. The van der Waals surface area contributed by atoms with Gasteiger partial charge in [-0.25, -0.2) is 0 Å². The molecule has 0 aromatic heterocycles. The van der Waals surface area contributed by atoms with Gasteiger partial charge in [0.1, 0.15) is 6.23 Å². The van der Waals surface area contributed by atoms with E-state index in [9.17, 15) is 5.11 Å². The van der Waals surface area contributed by atoms with Gasteiger partial charge in [-0.1, -0.05) is 38.3 Å². The Balaban J connectivity index is 3.74. The first-order valence-electron chi connectivity index (χ1n) is 5.90. The maximum absolute atomic E-state index is 9.90. The molecule has 0 aromatic carbocycles. The second-order valence-electron chi connectivity index (χ2n) is 3.86. The van der Waals surface area contributed by atoms with Crippen LogP contribution >= 0.6 is 0 Å². The first-order chi connectivity index (χ1) is 7.26. The summed E-state index contributed by atoms with van der Waals surface area (Å²) in [4.78, 5) is 1.98. The highest BCUT2D eigenvalue weighted by Gasteiger charge is 2.11. The summed E-state index contributed by atoms with van der Waals surface area (Å²) in [6, 6.07) is 0. The molecule has 0 saturated carbocycles. The molecule has 2 heteroatoms. The summed E-state index contributed by atoms with van der Waals surface area (Å²) in [5, 5.41) is 9.90. The average molecular weight is 211 g/mol. The highest BCUT2D eigenvalue weighted by atomic mass is 16.3. The van der Waals surface area contributed by atoms with Crippen molar-refractivity contribution in [2.24, 2.45) is 0 Å². The Labute approximate surface area is 94.3 Å². The van der Waals surface area contributed by atoms with E-state index in [0.29, 0.717) is 0 Å². The molecule has 0 spiro atoms. The molecule has 0 heterocycles. The van der Waals surface area contributed by atoms with E-state index in [4.69, 9.17) is 0 Å². The number of aliphatic hydroxyl groups excluding tert-OH is 1. The maximum Gasteiger partial charge on any atom is 0.107 e. The molecule has 0 amide bonds. The zero-order chi connectivity index (χ0) is 11.5. The summed E-state index contributed by atoms with van der Waals surface area (Å²) < 4.78 is 0. The lowest BCUT2D eigenvalue weighted by atomic mass is 10.1. The third kappa shape index (κ3) is 7.34. The Kier molecular flexibility index (Phi) is 9.54. The SMILES string of the molecule is C=CCN(CC=C)C(O)CCCCCC. The monoisotopic (exact) mass is 211 g/mol. The molecular formula is C13H25NO. The normalized spacial score (nSPS) is 12.7. The van der Waals surface area contributed by atoms with Crippen LogP contribution in [-0.2, 0) is 0 Å². The molecule has 0 aromatic rings. The predicted molar refractivity (Wildman–Crippen MR) is 66.7 cm³/mol. The van der Waals surface area contributed by atoms with Gasteiger partial charge in [0.15, 0.2) is 0 Å². The Hall–Kier alpha value is -0.600. The van der Waals surface area contributed by atoms with Crippen molar-refractivity contribution in [3.05, 3.63) is 25.3 Å². The summed E-state index contributed by atoms with van der Waals surface area (Å²) in [6.07, 6.45) is 8.94. The number of aliphatic hydroxyl groups is 1. The standard InChI is InChI=1S/C13H25NO/c1-4-7-8-9-10-13(15)14(11-5-2)12-6-3/h5-6,13,15H,2-4,7-12H2,1H3.